The molecule has 0 heterocycles. The van der Waals surface area contributed by atoms with Crippen LogP contribution in [0.4, 0.5) is 22.0 Å². The van der Waals surface area contributed by atoms with Crippen molar-refractivity contribution in [2.45, 2.75) is 6.92 Å². The van der Waals surface area contributed by atoms with Crippen molar-refractivity contribution in [2.24, 2.45) is 0 Å². The SMILES string of the molecule is CC(=Cc1c(F)c(F)c(F)c(F)c1F)c1ccccc1. The lowest BCUT2D eigenvalue weighted by molar-refractivity contribution is 0.377. The Bertz CT molecular complexity index is 645. The van der Waals surface area contributed by atoms with Crippen molar-refractivity contribution in [3.8, 4) is 0 Å². The van der Waals surface area contributed by atoms with E-state index >= 15 is 0 Å². The molecule has 5 heteroatoms. The number of hydrogen-bond donors (Lipinski definition) is 0. The van der Waals surface area contributed by atoms with Crippen LogP contribution in [-0.2, 0) is 0 Å². The predicted octanol–water partition coefficient (Wildman–Crippen LogP) is 4.94. The molecule has 20 heavy (non-hydrogen) atoms. The smallest absolute Gasteiger partial charge is 0.200 e. The van der Waals surface area contributed by atoms with Gasteiger partial charge in [0.05, 0.1) is 5.56 Å². The number of hydrogen-bond acceptors (Lipinski definition) is 0. The van der Waals surface area contributed by atoms with Crippen LogP contribution in [0.5, 0.6) is 0 Å². The van der Waals surface area contributed by atoms with Crippen LogP contribution in [0, 0.1) is 29.1 Å². The summed E-state index contributed by atoms with van der Waals surface area (Å²) < 4.78 is 66.1. The van der Waals surface area contributed by atoms with Crippen molar-refractivity contribution >= 4 is 11.6 Å². The minimum atomic E-state index is -2.16. The van der Waals surface area contributed by atoms with Crippen LogP contribution in [-0.4, -0.2) is 0 Å². The molecule has 104 valence electrons. The molecule has 0 bridgehead atoms. The second-order valence-electron chi connectivity index (χ2n) is 4.18. The first-order chi connectivity index (χ1) is 9.43. The largest absolute Gasteiger partial charge is 0.203 e. The molecule has 0 nitrogen and oxygen atoms in total. The Balaban J connectivity index is 2.60. The maximum Gasteiger partial charge on any atom is 0.200 e. The molecule has 2 aromatic rings. The number of rotatable bonds is 2. The molecule has 0 saturated heterocycles. The van der Waals surface area contributed by atoms with Crippen molar-refractivity contribution in [1.82, 2.24) is 0 Å². The van der Waals surface area contributed by atoms with Gasteiger partial charge in [0, 0.05) is 0 Å². The second-order valence-corrected chi connectivity index (χ2v) is 4.18. The van der Waals surface area contributed by atoms with Crippen LogP contribution in [0.15, 0.2) is 30.3 Å². The lowest BCUT2D eigenvalue weighted by atomic mass is 10.0. The zero-order valence-electron chi connectivity index (χ0n) is 10.4. The van der Waals surface area contributed by atoms with Crippen LogP contribution < -0.4 is 0 Å². The molecule has 0 aliphatic carbocycles. The summed E-state index contributed by atoms with van der Waals surface area (Å²) in [5.41, 5.74) is 0.0630. The molecular formula is C15H9F5. The van der Waals surface area contributed by atoms with E-state index < -0.39 is 34.6 Å². The van der Waals surface area contributed by atoms with Gasteiger partial charge in [0.15, 0.2) is 23.3 Å². The topological polar surface area (TPSA) is 0 Å². The maximum absolute atomic E-state index is 13.5. The standard InChI is InChI=1S/C15H9F5/c1-8(9-5-3-2-4-6-9)7-10-11(16)13(18)15(20)14(19)12(10)17/h2-7H,1H3. The maximum atomic E-state index is 13.5. The first kappa shape index (κ1) is 14.2. The third-order valence-electron chi connectivity index (χ3n) is 2.83. The Hall–Kier alpha value is -2.17. The quantitative estimate of drug-likeness (QED) is 0.317. The summed E-state index contributed by atoms with van der Waals surface area (Å²) in [6.45, 7) is 1.52. The highest BCUT2D eigenvalue weighted by molar-refractivity contribution is 5.80. The van der Waals surface area contributed by atoms with E-state index in [2.05, 4.69) is 0 Å². The molecule has 0 aliphatic rings. The number of benzene rings is 2. The van der Waals surface area contributed by atoms with E-state index in [0.29, 0.717) is 11.1 Å². The molecule has 0 aromatic heterocycles. The van der Waals surface area contributed by atoms with Crippen LogP contribution in [0.1, 0.15) is 18.1 Å². The average molecular weight is 284 g/mol. The van der Waals surface area contributed by atoms with Gasteiger partial charge in [0.25, 0.3) is 0 Å². The molecular weight excluding hydrogens is 275 g/mol. The second kappa shape index (κ2) is 5.45. The predicted molar refractivity (Wildman–Crippen MR) is 66.2 cm³/mol. The highest BCUT2D eigenvalue weighted by Crippen LogP contribution is 2.26. The zero-order chi connectivity index (χ0) is 14.9. The molecule has 2 rings (SSSR count). The van der Waals surface area contributed by atoms with Gasteiger partial charge < -0.3 is 0 Å². The molecule has 0 aliphatic heterocycles. The minimum absolute atomic E-state index is 0.383. The van der Waals surface area contributed by atoms with Crippen molar-refractivity contribution < 1.29 is 22.0 Å². The molecule has 0 atom stereocenters. The monoisotopic (exact) mass is 284 g/mol. The van der Waals surface area contributed by atoms with Gasteiger partial charge in [-0.3, -0.25) is 0 Å². The van der Waals surface area contributed by atoms with E-state index in [1.54, 1.807) is 30.3 Å². The number of allylic oxidation sites excluding steroid dienone is 1. The van der Waals surface area contributed by atoms with Crippen LogP contribution >= 0.6 is 0 Å². The van der Waals surface area contributed by atoms with Crippen molar-refractivity contribution in [3.05, 3.63) is 70.5 Å². The first-order valence-electron chi connectivity index (χ1n) is 5.68. The van der Waals surface area contributed by atoms with Gasteiger partial charge in [-0.05, 0) is 24.1 Å². The summed E-state index contributed by atoms with van der Waals surface area (Å²) in [5, 5.41) is 0. The summed E-state index contributed by atoms with van der Waals surface area (Å²) >= 11 is 0. The summed E-state index contributed by atoms with van der Waals surface area (Å²) in [5.74, 6) is -9.73. The van der Waals surface area contributed by atoms with Crippen LogP contribution in [0.25, 0.3) is 11.6 Å². The number of halogens is 5. The average Bonchev–Trinajstić information content (AvgIpc) is 2.48. The Morgan fingerprint density at radius 1 is 0.750 bits per heavy atom. The highest BCUT2D eigenvalue weighted by Gasteiger charge is 2.24. The molecule has 2 aromatic carbocycles. The van der Waals surface area contributed by atoms with Crippen molar-refractivity contribution in [1.29, 1.82) is 0 Å². The highest BCUT2D eigenvalue weighted by atomic mass is 19.2. The van der Waals surface area contributed by atoms with Crippen LogP contribution in [0.3, 0.4) is 0 Å². The molecule has 0 unspecified atom stereocenters. The van der Waals surface area contributed by atoms with Gasteiger partial charge >= 0.3 is 0 Å². The summed E-state index contributed by atoms with van der Waals surface area (Å²) in [7, 11) is 0. The summed E-state index contributed by atoms with van der Waals surface area (Å²) in [6, 6.07) is 8.47. The van der Waals surface area contributed by atoms with Gasteiger partial charge in [-0.15, -0.1) is 0 Å². The minimum Gasteiger partial charge on any atom is -0.203 e. The fraction of sp³-hybridized carbons (Fsp3) is 0.0667. The van der Waals surface area contributed by atoms with E-state index in [1.165, 1.54) is 6.92 Å². The fourth-order valence-electron chi connectivity index (χ4n) is 1.75. The third kappa shape index (κ3) is 2.43. The van der Waals surface area contributed by atoms with Gasteiger partial charge in [0.2, 0.25) is 5.82 Å². The lowest BCUT2D eigenvalue weighted by Gasteiger charge is -2.06. The summed E-state index contributed by atoms with van der Waals surface area (Å²) in [4.78, 5) is 0. The molecule has 0 saturated carbocycles. The lowest BCUT2D eigenvalue weighted by Crippen LogP contribution is -2.04. The molecule has 0 amide bonds. The van der Waals surface area contributed by atoms with Crippen molar-refractivity contribution in [3.63, 3.8) is 0 Å². The van der Waals surface area contributed by atoms with Gasteiger partial charge in [-0.1, -0.05) is 30.3 Å². The van der Waals surface area contributed by atoms with Crippen molar-refractivity contribution in [2.75, 3.05) is 0 Å². The van der Waals surface area contributed by atoms with Crippen LogP contribution in [0.2, 0.25) is 0 Å². The third-order valence-corrected chi connectivity index (χ3v) is 2.83. The molecule has 0 fully saturated rings. The van der Waals surface area contributed by atoms with E-state index in [0.717, 1.165) is 6.08 Å². The Labute approximate surface area is 112 Å². The summed E-state index contributed by atoms with van der Waals surface area (Å²) in [6.07, 6.45) is 0.936. The van der Waals surface area contributed by atoms with E-state index in [1.807, 2.05) is 0 Å². The van der Waals surface area contributed by atoms with Gasteiger partial charge in [-0.2, -0.15) is 0 Å². The molecule has 0 radical (unpaired) electrons. The normalized spacial score (nSPS) is 11.8. The van der Waals surface area contributed by atoms with E-state index in [9.17, 15) is 22.0 Å². The Kier molecular flexibility index (Phi) is 3.88. The zero-order valence-corrected chi connectivity index (χ0v) is 10.4. The van der Waals surface area contributed by atoms with Gasteiger partial charge in [0.1, 0.15) is 0 Å². The van der Waals surface area contributed by atoms with E-state index in [4.69, 9.17) is 0 Å². The first-order valence-corrected chi connectivity index (χ1v) is 5.68. The Morgan fingerprint density at radius 2 is 1.20 bits per heavy atom. The molecule has 0 N–H and O–H groups in total. The molecule has 0 spiro atoms. The van der Waals surface area contributed by atoms with Gasteiger partial charge in [-0.25, -0.2) is 22.0 Å². The van der Waals surface area contributed by atoms with E-state index in [-0.39, 0.29) is 0 Å². The fourth-order valence-corrected chi connectivity index (χ4v) is 1.75. The Morgan fingerprint density at radius 3 is 1.70 bits per heavy atom.